The molecular weight excluding hydrogens is 311 g/mol. The summed E-state index contributed by atoms with van der Waals surface area (Å²) >= 11 is 2.34. The van der Waals surface area contributed by atoms with Gasteiger partial charge in [-0.1, -0.05) is 43.7 Å². The molecule has 0 saturated carbocycles. The number of rotatable bonds is 7. The fraction of sp³-hybridized carbons (Fsp3) is 0.429. The second-order valence-corrected chi connectivity index (χ2v) is 5.10. The molecule has 0 bridgehead atoms. The summed E-state index contributed by atoms with van der Waals surface area (Å²) in [6, 6.07) is 8.31. The number of hydrogen-bond donors (Lipinski definition) is 0. The molecule has 0 aliphatic carbocycles. The highest BCUT2D eigenvalue weighted by Crippen LogP contribution is 2.13. The molecule has 0 aliphatic heterocycles. The molecule has 1 nitrogen and oxygen atoms in total. The first kappa shape index (κ1) is 13.7. The Labute approximate surface area is 112 Å². The van der Waals surface area contributed by atoms with Crippen LogP contribution in [0.2, 0.25) is 0 Å². The van der Waals surface area contributed by atoms with Gasteiger partial charge in [0.1, 0.15) is 0 Å². The Kier molecular flexibility index (Phi) is 6.73. The fourth-order valence-corrected chi connectivity index (χ4v) is 1.96. The highest BCUT2D eigenvalue weighted by atomic mass is 127. The van der Waals surface area contributed by atoms with Crippen molar-refractivity contribution in [3.8, 4) is 0 Å². The molecule has 88 valence electrons. The molecule has 0 aliphatic rings. The Bertz CT molecular complexity index is 333. The van der Waals surface area contributed by atoms with Gasteiger partial charge in [0, 0.05) is 3.57 Å². The van der Waals surface area contributed by atoms with Crippen LogP contribution in [0.3, 0.4) is 0 Å². The van der Waals surface area contributed by atoms with Gasteiger partial charge in [-0.05, 0) is 47.1 Å². The molecule has 0 unspecified atom stereocenters. The van der Waals surface area contributed by atoms with E-state index < -0.39 is 0 Å². The van der Waals surface area contributed by atoms with Gasteiger partial charge in [-0.25, -0.2) is 0 Å². The summed E-state index contributed by atoms with van der Waals surface area (Å²) in [5, 5.41) is 0. The Morgan fingerprint density at radius 3 is 2.81 bits per heavy atom. The minimum Gasteiger partial charge on any atom is -0.372 e. The van der Waals surface area contributed by atoms with E-state index in [0.717, 1.165) is 6.42 Å². The fourth-order valence-electron chi connectivity index (χ4n) is 1.42. The van der Waals surface area contributed by atoms with Crippen molar-refractivity contribution in [2.45, 2.75) is 32.8 Å². The second kappa shape index (κ2) is 7.85. The molecule has 0 aromatic heterocycles. The zero-order valence-corrected chi connectivity index (χ0v) is 12.0. The molecule has 0 spiro atoms. The van der Waals surface area contributed by atoms with Gasteiger partial charge >= 0.3 is 0 Å². The third-order valence-electron chi connectivity index (χ3n) is 2.41. The van der Waals surface area contributed by atoms with Crippen LogP contribution in [0, 0.1) is 3.57 Å². The lowest BCUT2D eigenvalue weighted by molar-refractivity contribution is 0.140. The maximum Gasteiger partial charge on any atom is 0.0731 e. The summed E-state index contributed by atoms with van der Waals surface area (Å²) in [6.07, 6.45) is 3.52. The lowest BCUT2D eigenvalue weighted by Gasteiger charge is -2.08. The normalized spacial score (nSPS) is 10.4. The summed E-state index contributed by atoms with van der Waals surface area (Å²) in [5.41, 5.74) is 2.46. The number of ether oxygens (including phenoxy) is 1. The maximum absolute atomic E-state index is 5.66. The van der Waals surface area contributed by atoms with Crippen molar-refractivity contribution in [2.24, 2.45) is 0 Å². The van der Waals surface area contributed by atoms with Gasteiger partial charge in [0.25, 0.3) is 0 Å². The van der Waals surface area contributed by atoms with E-state index in [-0.39, 0.29) is 0 Å². The zero-order valence-electron chi connectivity index (χ0n) is 9.84. The first-order valence-corrected chi connectivity index (χ1v) is 6.79. The van der Waals surface area contributed by atoms with Crippen LogP contribution in [-0.4, -0.2) is 6.61 Å². The van der Waals surface area contributed by atoms with Crippen LogP contribution >= 0.6 is 22.6 Å². The van der Waals surface area contributed by atoms with Gasteiger partial charge in [-0.3, -0.25) is 0 Å². The molecule has 0 atom stereocenters. The lowest BCUT2D eigenvalue weighted by Crippen LogP contribution is -1.99. The topological polar surface area (TPSA) is 9.23 Å². The number of hydrogen-bond acceptors (Lipinski definition) is 1. The van der Waals surface area contributed by atoms with Gasteiger partial charge < -0.3 is 4.74 Å². The van der Waals surface area contributed by atoms with E-state index in [9.17, 15) is 0 Å². The van der Waals surface area contributed by atoms with E-state index in [1.54, 1.807) is 0 Å². The molecule has 0 heterocycles. The van der Waals surface area contributed by atoms with Crippen molar-refractivity contribution in [2.75, 3.05) is 6.61 Å². The Morgan fingerprint density at radius 2 is 2.12 bits per heavy atom. The predicted octanol–water partition coefficient (Wildman–Crippen LogP) is 4.55. The van der Waals surface area contributed by atoms with Crippen LogP contribution in [0.4, 0.5) is 0 Å². The standard InChI is InChI=1S/C14H19IO/c1-3-4-7-12(2)10-16-11-13-8-5-6-9-14(13)15/h5-6,8-9H,2-4,7,10-11H2,1H3. The third kappa shape index (κ3) is 5.12. The summed E-state index contributed by atoms with van der Waals surface area (Å²) in [5.74, 6) is 0. The van der Waals surface area contributed by atoms with Crippen molar-refractivity contribution in [3.05, 3.63) is 45.6 Å². The van der Waals surface area contributed by atoms with E-state index in [1.807, 2.05) is 12.1 Å². The Hall–Kier alpha value is -0.350. The number of benzene rings is 1. The van der Waals surface area contributed by atoms with E-state index in [0.29, 0.717) is 13.2 Å². The quantitative estimate of drug-likeness (QED) is 0.526. The highest BCUT2D eigenvalue weighted by molar-refractivity contribution is 14.1. The molecule has 0 saturated heterocycles. The van der Waals surface area contributed by atoms with Crippen molar-refractivity contribution in [1.82, 2.24) is 0 Å². The van der Waals surface area contributed by atoms with Crippen LogP contribution in [0.15, 0.2) is 36.4 Å². The van der Waals surface area contributed by atoms with Crippen molar-refractivity contribution < 1.29 is 4.74 Å². The minimum atomic E-state index is 0.685. The molecular formula is C14H19IO. The minimum absolute atomic E-state index is 0.685. The molecule has 0 N–H and O–H groups in total. The average Bonchev–Trinajstić information content (AvgIpc) is 2.29. The first-order chi connectivity index (χ1) is 7.74. The molecule has 1 aromatic rings. The average molecular weight is 330 g/mol. The van der Waals surface area contributed by atoms with Crippen LogP contribution in [0.5, 0.6) is 0 Å². The molecule has 2 heteroatoms. The summed E-state index contributed by atoms with van der Waals surface area (Å²) in [7, 11) is 0. The van der Waals surface area contributed by atoms with Crippen molar-refractivity contribution >= 4 is 22.6 Å². The molecule has 16 heavy (non-hydrogen) atoms. The molecule has 1 rings (SSSR count). The van der Waals surface area contributed by atoms with Crippen LogP contribution in [-0.2, 0) is 11.3 Å². The number of unbranched alkanes of at least 4 members (excludes halogenated alkanes) is 1. The van der Waals surface area contributed by atoms with E-state index >= 15 is 0 Å². The van der Waals surface area contributed by atoms with E-state index in [4.69, 9.17) is 4.74 Å². The van der Waals surface area contributed by atoms with Crippen LogP contribution in [0.1, 0.15) is 31.7 Å². The number of halogens is 1. The Balaban J connectivity index is 2.25. The third-order valence-corrected chi connectivity index (χ3v) is 3.46. The second-order valence-electron chi connectivity index (χ2n) is 3.94. The van der Waals surface area contributed by atoms with Gasteiger partial charge in [0.05, 0.1) is 13.2 Å². The van der Waals surface area contributed by atoms with Gasteiger partial charge in [0.15, 0.2) is 0 Å². The molecule has 0 fully saturated rings. The predicted molar refractivity (Wildman–Crippen MR) is 77.5 cm³/mol. The summed E-state index contributed by atoms with van der Waals surface area (Å²) in [6.45, 7) is 7.58. The highest BCUT2D eigenvalue weighted by Gasteiger charge is 1.99. The molecule has 0 radical (unpaired) electrons. The summed E-state index contributed by atoms with van der Waals surface area (Å²) < 4.78 is 6.92. The van der Waals surface area contributed by atoms with Crippen LogP contribution in [0.25, 0.3) is 0 Å². The van der Waals surface area contributed by atoms with Gasteiger partial charge in [0.2, 0.25) is 0 Å². The monoisotopic (exact) mass is 330 g/mol. The lowest BCUT2D eigenvalue weighted by atomic mass is 10.1. The van der Waals surface area contributed by atoms with E-state index in [1.165, 1.54) is 27.5 Å². The first-order valence-electron chi connectivity index (χ1n) is 5.72. The van der Waals surface area contributed by atoms with Crippen molar-refractivity contribution in [3.63, 3.8) is 0 Å². The van der Waals surface area contributed by atoms with Crippen molar-refractivity contribution in [1.29, 1.82) is 0 Å². The van der Waals surface area contributed by atoms with E-state index in [2.05, 4.69) is 48.2 Å². The zero-order chi connectivity index (χ0) is 11.8. The molecule has 1 aromatic carbocycles. The molecule has 0 amide bonds. The van der Waals surface area contributed by atoms with Gasteiger partial charge in [-0.15, -0.1) is 0 Å². The largest absolute Gasteiger partial charge is 0.372 e. The van der Waals surface area contributed by atoms with Gasteiger partial charge in [-0.2, -0.15) is 0 Å². The smallest absolute Gasteiger partial charge is 0.0731 e. The summed E-state index contributed by atoms with van der Waals surface area (Å²) in [4.78, 5) is 0. The maximum atomic E-state index is 5.66. The SMILES string of the molecule is C=C(CCCC)COCc1ccccc1I. The van der Waals surface area contributed by atoms with Crippen LogP contribution < -0.4 is 0 Å². The Morgan fingerprint density at radius 1 is 1.38 bits per heavy atom.